The van der Waals surface area contributed by atoms with Crippen LogP contribution < -0.4 is 9.62 Å². The molecular formula is C23H24N2O3S. The lowest BCUT2D eigenvalue weighted by molar-refractivity contribution is -0.118. The van der Waals surface area contributed by atoms with Gasteiger partial charge in [-0.05, 0) is 52.9 Å². The Balaban J connectivity index is 1.53. The minimum Gasteiger partial charge on any atom is -0.312 e. The fourth-order valence-electron chi connectivity index (χ4n) is 3.79. The first kappa shape index (κ1) is 19.6. The normalized spacial score (nSPS) is 14.2. The van der Waals surface area contributed by atoms with E-state index in [1.54, 1.807) is 12.1 Å². The van der Waals surface area contributed by atoms with E-state index in [1.807, 2.05) is 53.4 Å². The number of benzene rings is 3. The molecule has 0 saturated carbocycles. The van der Waals surface area contributed by atoms with Crippen LogP contribution in [-0.2, 0) is 27.8 Å². The van der Waals surface area contributed by atoms with Crippen LogP contribution in [0.3, 0.4) is 0 Å². The largest absolute Gasteiger partial charge is 0.312 e. The molecule has 0 unspecified atom stereocenters. The first-order valence-electron chi connectivity index (χ1n) is 9.88. The second-order valence-electron chi connectivity index (χ2n) is 7.34. The molecule has 0 spiro atoms. The molecule has 3 aromatic carbocycles. The monoisotopic (exact) mass is 408 g/mol. The Labute approximate surface area is 171 Å². The highest BCUT2D eigenvalue weighted by Gasteiger charge is 2.23. The minimum absolute atomic E-state index is 0.157. The number of amides is 1. The molecule has 0 saturated heterocycles. The van der Waals surface area contributed by atoms with Crippen molar-refractivity contribution < 1.29 is 13.2 Å². The predicted octanol–water partition coefficient (Wildman–Crippen LogP) is 4.01. The van der Waals surface area contributed by atoms with Crippen molar-refractivity contribution in [2.45, 2.75) is 37.6 Å². The van der Waals surface area contributed by atoms with Gasteiger partial charge in [-0.3, -0.25) is 4.79 Å². The first-order chi connectivity index (χ1) is 14.0. The molecule has 29 heavy (non-hydrogen) atoms. The molecule has 0 aromatic heterocycles. The number of fused-ring (bicyclic) bond motifs is 2. The molecule has 0 aliphatic carbocycles. The van der Waals surface area contributed by atoms with Gasteiger partial charge in [-0.15, -0.1) is 0 Å². The molecule has 6 heteroatoms. The first-order valence-corrected chi connectivity index (χ1v) is 11.4. The lowest BCUT2D eigenvalue weighted by atomic mass is 9.98. The molecule has 1 heterocycles. The third kappa shape index (κ3) is 4.04. The van der Waals surface area contributed by atoms with E-state index in [1.165, 1.54) is 0 Å². The van der Waals surface area contributed by atoms with Crippen LogP contribution >= 0.6 is 0 Å². The highest BCUT2D eigenvalue weighted by atomic mass is 32.2. The summed E-state index contributed by atoms with van der Waals surface area (Å²) in [6.07, 6.45) is 2.09. The van der Waals surface area contributed by atoms with E-state index >= 15 is 0 Å². The number of nitrogens with one attached hydrogen (secondary N) is 1. The van der Waals surface area contributed by atoms with Crippen molar-refractivity contribution in [2.24, 2.45) is 0 Å². The SMILES string of the molecule is CCCN1C(=O)CCc2cc(CNS(=O)(=O)c3ccc4ccccc4c3)ccc21. The molecule has 1 N–H and O–H groups in total. The molecule has 5 nitrogen and oxygen atoms in total. The maximum absolute atomic E-state index is 12.8. The lowest BCUT2D eigenvalue weighted by Crippen LogP contribution is -2.35. The smallest absolute Gasteiger partial charge is 0.240 e. The molecule has 1 aliphatic heterocycles. The van der Waals surface area contributed by atoms with E-state index in [9.17, 15) is 13.2 Å². The van der Waals surface area contributed by atoms with Gasteiger partial charge in [-0.1, -0.05) is 49.4 Å². The van der Waals surface area contributed by atoms with Crippen LogP contribution in [0.2, 0.25) is 0 Å². The van der Waals surface area contributed by atoms with E-state index in [4.69, 9.17) is 0 Å². The highest BCUT2D eigenvalue weighted by Crippen LogP contribution is 2.29. The van der Waals surface area contributed by atoms with Gasteiger partial charge >= 0.3 is 0 Å². The Morgan fingerprint density at radius 1 is 0.966 bits per heavy atom. The van der Waals surface area contributed by atoms with Crippen molar-refractivity contribution in [1.29, 1.82) is 0 Å². The molecule has 4 rings (SSSR count). The summed E-state index contributed by atoms with van der Waals surface area (Å²) < 4.78 is 28.2. The molecule has 0 atom stereocenters. The molecule has 1 amide bonds. The van der Waals surface area contributed by atoms with Gasteiger partial charge in [-0.2, -0.15) is 0 Å². The summed E-state index contributed by atoms with van der Waals surface area (Å²) in [4.78, 5) is 14.3. The van der Waals surface area contributed by atoms with Crippen LogP contribution in [0.25, 0.3) is 10.8 Å². The second kappa shape index (κ2) is 7.97. The number of hydrogen-bond acceptors (Lipinski definition) is 3. The van der Waals surface area contributed by atoms with Gasteiger partial charge in [0.2, 0.25) is 15.9 Å². The topological polar surface area (TPSA) is 66.5 Å². The number of nitrogens with zero attached hydrogens (tertiary/aromatic N) is 1. The van der Waals surface area contributed by atoms with Gasteiger partial charge in [0.05, 0.1) is 4.90 Å². The molecule has 1 aliphatic rings. The maximum atomic E-state index is 12.8. The van der Waals surface area contributed by atoms with Crippen molar-refractivity contribution in [3.8, 4) is 0 Å². The number of anilines is 1. The average Bonchev–Trinajstić information content (AvgIpc) is 2.74. The van der Waals surface area contributed by atoms with Crippen molar-refractivity contribution in [3.05, 3.63) is 71.8 Å². The predicted molar refractivity (Wildman–Crippen MR) is 115 cm³/mol. The zero-order chi connectivity index (χ0) is 20.4. The molecule has 0 bridgehead atoms. The van der Waals surface area contributed by atoms with Gasteiger partial charge in [-0.25, -0.2) is 13.1 Å². The Hall–Kier alpha value is -2.70. The number of carbonyl (C=O) groups is 1. The fraction of sp³-hybridized carbons (Fsp3) is 0.261. The third-order valence-corrected chi connectivity index (χ3v) is 6.69. The molecular weight excluding hydrogens is 384 g/mol. The Morgan fingerprint density at radius 3 is 2.55 bits per heavy atom. The summed E-state index contributed by atoms with van der Waals surface area (Å²) in [5.74, 6) is 0.157. The van der Waals surface area contributed by atoms with E-state index in [2.05, 4.69) is 11.6 Å². The summed E-state index contributed by atoms with van der Waals surface area (Å²) in [6, 6.07) is 18.7. The summed E-state index contributed by atoms with van der Waals surface area (Å²) in [6.45, 7) is 2.97. The van der Waals surface area contributed by atoms with E-state index in [0.29, 0.717) is 19.4 Å². The lowest BCUT2D eigenvalue weighted by Gasteiger charge is -2.29. The summed E-state index contributed by atoms with van der Waals surface area (Å²) in [7, 11) is -3.61. The second-order valence-corrected chi connectivity index (χ2v) is 9.11. The van der Waals surface area contributed by atoms with Crippen molar-refractivity contribution in [2.75, 3.05) is 11.4 Å². The maximum Gasteiger partial charge on any atom is 0.240 e. The molecule has 0 fully saturated rings. The summed E-state index contributed by atoms with van der Waals surface area (Å²) >= 11 is 0. The standard InChI is InChI=1S/C23H24N2O3S/c1-2-13-25-22-11-7-17(14-20(22)9-12-23(25)26)16-24-29(27,28)21-10-8-18-5-3-4-6-19(18)15-21/h3-8,10-11,14-15,24H,2,9,12-13,16H2,1H3. The summed E-state index contributed by atoms with van der Waals surface area (Å²) in [5, 5.41) is 1.90. The van der Waals surface area contributed by atoms with Gasteiger partial charge in [0.25, 0.3) is 0 Å². The van der Waals surface area contributed by atoms with Crippen LogP contribution in [0.1, 0.15) is 30.9 Å². The van der Waals surface area contributed by atoms with Crippen molar-refractivity contribution in [3.63, 3.8) is 0 Å². The van der Waals surface area contributed by atoms with Crippen LogP contribution in [0.5, 0.6) is 0 Å². The zero-order valence-corrected chi connectivity index (χ0v) is 17.2. The number of sulfonamides is 1. The van der Waals surface area contributed by atoms with E-state index in [0.717, 1.165) is 34.0 Å². The molecule has 150 valence electrons. The fourth-order valence-corrected chi connectivity index (χ4v) is 4.84. The van der Waals surface area contributed by atoms with Gasteiger partial charge in [0, 0.05) is 25.2 Å². The van der Waals surface area contributed by atoms with Crippen LogP contribution in [-0.4, -0.2) is 20.9 Å². The third-order valence-electron chi connectivity index (χ3n) is 5.29. The average molecular weight is 409 g/mol. The Kier molecular flexibility index (Phi) is 5.39. The van der Waals surface area contributed by atoms with E-state index in [-0.39, 0.29) is 17.3 Å². The van der Waals surface area contributed by atoms with Gasteiger partial charge in [0.15, 0.2) is 0 Å². The number of aryl methyl sites for hydroxylation is 1. The molecule has 3 aromatic rings. The zero-order valence-electron chi connectivity index (χ0n) is 16.4. The van der Waals surface area contributed by atoms with Crippen LogP contribution in [0, 0.1) is 0 Å². The number of hydrogen-bond donors (Lipinski definition) is 1. The van der Waals surface area contributed by atoms with Crippen molar-refractivity contribution in [1.82, 2.24) is 4.72 Å². The van der Waals surface area contributed by atoms with Gasteiger partial charge < -0.3 is 4.90 Å². The van der Waals surface area contributed by atoms with Crippen LogP contribution in [0.4, 0.5) is 5.69 Å². The molecule has 0 radical (unpaired) electrons. The summed E-state index contributed by atoms with van der Waals surface area (Å²) in [5.41, 5.74) is 2.93. The number of carbonyl (C=O) groups excluding carboxylic acids is 1. The number of rotatable bonds is 6. The Morgan fingerprint density at radius 2 is 1.76 bits per heavy atom. The quantitative estimate of drug-likeness (QED) is 0.670. The highest BCUT2D eigenvalue weighted by molar-refractivity contribution is 7.89. The van der Waals surface area contributed by atoms with E-state index < -0.39 is 10.0 Å². The van der Waals surface area contributed by atoms with Gasteiger partial charge in [0.1, 0.15) is 0 Å². The van der Waals surface area contributed by atoms with Crippen LogP contribution in [0.15, 0.2) is 65.6 Å². The minimum atomic E-state index is -3.61. The van der Waals surface area contributed by atoms with Crippen molar-refractivity contribution >= 4 is 32.4 Å². The Bertz CT molecular complexity index is 1170.